The van der Waals surface area contributed by atoms with Gasteiger partial charge in [0.2, 0.25) is 5.91 Å². The molecule has 0 saturated heterocycles. The van der Waals surface area contributed by atoms with Crippen LogP contribution < -0.4 is 21.4 Å². The fourth-order valence-corrected chi connectivity index (χ4v) is 2.96. The highest BCUT2D eigenvalue weighted by atomic mass is 16.4. The third-order valence-electron chi connectivity index (χ3n) is 4.65. The summed E-state index contributed by atoms with van der Waals surface area (Å²) in [6.07, 6.45) is 5.13. The molecule has 9 heteroatoms. The minimum Gasteiger partial charge on any atom is -0.508 e. The normalized spacial score (nSPS) is 12.7. The van der Waals surface area contributed by atoms with Gasteiger partial charge in [-0.15, -0.1) is 0 Å². The lowest BCUT2D eigenvalue weighted by Gasteiger charge is -2.18. The van der Waals surface area contributed by atoms with Gasteiger partial charge in [0, 0.05) is 12.5 Å². The average Bonchev–Trinajstić information content (AvgIpc) is 2.71. The van der Waals surface area contributed by atoms with Gasteiger partial charge in [0.05, 0.1) is 6.04 Å². The SMILES string of the molecule is NC(=O)c1ccc[n+](CCCCC(NC(=O)C(N)Cc2ccc(O)cc2)C(=O)O)c1. The molecular weight excluding hydrogens is 388 g/mol. The molecule has 0 aliphatic heterocycles. The summed E-state index contributed by atoms with van der Waals surface area (Å²) in [4.78, 5) is 35.0. The van der Waals surface area contributed by atoms with E-state index in [2.05, 4.69) is 5.32 Å². The Balaban J connectivity index is 1.81. The van der Waals surface area contributed by atoms with Crippen LogP contribution in [0.5, 0.6) is 5.75 Å². The molecule has 1 aromatic carbocycles. The van der Waals surface area contributed by atoms with Crippen LogP contribution in [-0.4, -0.2) is 40.1 Å². The van der Waals surface area contributed by atoms with Crippen molar-refractivity contribution in [1.29, 1.82) is 0 Å². The number of unbranched alkanes of at least 4 members (excludes halogenated alkanes) is 1. The number of aliphatic carboxylic acids is 1. The summed E-state index contributed by atoms with van der Waals surface area (Å²) in [5, 5.41) is 21.2. The van der Waals surface area contributed by atoms with Crippen molar-refractivity contribution in [2.24, 2.45) is 11.5 Å². The highest BCUT2D eigenvalue weighted by molar-refractivity contribution is 5.92. The predicted molar refractivity (Wildman–Crippen MR) is 108 cm³/mol. The number of nitrogens with one attached hydrogen (secondary N) is 1. The predicted octanol–water partition coefficient (Wildman–Crippen LogP) is 0.0883. The van der Waals surface area contributed by atoms with E-state index in [9.17, 15) is 24.6 Å². The van der Waals surface area contributed by atoms with Crippen molar-refractivity contribution in [3.05, 3.63) is 59.9 Å². The zero-order chi connectivity index (χ0) is 22.1. The van der Waals surface area contributed by atoms with Crippen LogP contribution >= 0.6 is 0 Å². The molecule has 0 aliphatic carbocycles. The number of rotatable bonds is 11. The molecule has 2 amide bonds. The maximum absolute atomic E-state index is 12.3. The molecule has 0 aliphatic rings. The number of amides is 2. The number of carbonyl (C=O) groups excluding carboxylic acids is 2. The van der Waals surface area contributed by atoms with Crippen molar-refractivity contribution in [1.82, 2.24) is 5.32 Å². The van der Waals surface area contributed by atoms with Gasteiger partial charge in [0.15, 0.2) is 12.4 Å². The van der Waals surface area contributed by atoms with Gasteiger partial charge in [-0.1, -0.05) is 12.1 Å². The number of hydrogen-bond donors (Lipinski definition) is 5. The number of phenolic OH excluding ortho intramolecular Hbond substituents is 1. The van der Waals surface area contributed by atoms with Gasteiger partial charge in [0.1, 0.15) is 23.9 Å². The van der Waals surface area contributed by atoms with Crippen LogP contribution in [0.15, 0.2) is 48.8 Å². The van der Waals surface area contributed by atoms with Gasteiger partial charge in [-0.3, -0.25) is 9.59 Å². The number of primary amides is 1. The van der Waals surface area contributed by atoms with E-state index in [0.717, 1.165) is 5.56 Å². The Kier molecular flexibility index (Phi) is 8.30. The van der Waals surface area contributed by atoms with Crippen LogP contribution in [0.2, 0.25) is 0 Å². The fraction of sp³-hybridized carbons (Fsp3) is 0.333. The van der Waals surface area contributed by atoms with Crippen molar-refractivity contribution in [2.45, 2.75) is 44.3 Å². The molecule has 160 valence electrons. The van der Waals surface area contributed by atoms with Crippen molar-refractivity contribution in [3.63, 3.8) is 0 Å². The molecule has 0 saturated carbocycles. The van der Waals surface area contributed by atoms with Gasteiger partial charge in [-0.25, -0.2) is 9.36 Å². The Morgan fingerprint density at radius 1 is 1.10 bits per heavy atom. The number of carboxylic acids is 1. The summed E-state index contributed by atoms with van der Waals surface area (Å²) in [6.45, 7) is 0.585. The van der Waals surface area contributed by atoms with E-state index in [1.807, 2.05) is 4.57 Å². The fourth-order valence-electron chi connectivity index (χ4n) is 2.96. The van der Waals surface area contributed by atoms with Crippen LogP contribution in [0.1, 0.15) is 35.2 Å². The second-order valence-electron chi connectivity index (χ2n) is 7.07. The van der Waals surface area contributed by atoms with Crippen molar-refractivity contribution in [2.75, 3.05) is 0 Å². The van der Waals surface area contributed by atoms with Crippen LogP contribution in [0, 0.1) is 0 Å². The molecule has 1 heterocycles. The lowest BCUT2D eigenvalue weighted by Crippen LogP contribution is -2.49. The zero-order valence-corrected chi connectivity index (χ0v) is 16.5. The summed E-state index contributed by atoms with van der Waals surface area (Å²) in [6, 6.07) is 7.71. The number of carbonyl (C=O) groups is 3. The molecule has 1 aromatic heterocycles. The number of phenols is 1. The van der Waals surface area contributed by atoms with Gasteiger partial charge in [-0.2, -0.15) is 0 Å². The maximum Gasteiger partial charge on any atom is 0.326 e. The molecule has 2 aromatic rings. The minimum atomic E-state index is -1.12. The van der Waals surface area contributed by atoms with E-state index < -0.39 is 29.9 Å². The van der Waals surface area contributed by atoms with Gasteiger partial charge in [-0.05, 0) is 43.0 Å². The first kappa shape index (κ1) is 22.8. The largest absolute Gasteiger partial charge is 0.508 e. The van der Waals surface area contributed by atoms with E-state index >= 15 is 0 Å². The maximum atomic E-state index is 12.3. The molecular formula is C21H27N4O5+. The molecule has 30 heavy (non-hydrogen) atoms. The minimum absolute atomic E-state index is 0.113. The highest BCUT2D eigenvalue weighted by Crippen LogP contribution is 2.11. The van der Waals surface area contributed by atoms with E-state index in [4.69, 9.17) is 11.5 Å². The van der Waals surface area contributed by atoms with Crippen LogP contribution in [0.4, 0.5) is 0 Å². The summed E-state index contributed by atoms with van der Waals surface area (Å²) >= 11 is 0. The summed E-state index contributed by atoms with van der Waals surface area (Å²) in [5.41, 5.74) is 12.3. The standard InChI is InChI=1S/C21H26N4O5/c22-17(12-14-6-8-16(26)9-7-14)20(28)24-18(21(29)30)5-1-2-10-25-11-3-4-15(13-25)19(23)27/h3-4,6-9,11,13,17-18H,1-2,5,10,12,22H2,(H4-,23,24,26,27,28,29,30)/p+1. The smallest absolute Gasteiger partial charge is 0.326 e. The number of aryl methyl sites for hydroxylation is 1. The van der Waals surface area contributed by atoms with Gasteiger partial charge in [0.25, 0.3) is 5.91 Å². The van der Waals surface area contributed by atoms with Gasteiger partial charge < -0.3 is 27.0 Å². The van der Waals surface area contributed by atoms with E-state index in [1.54, 1.807) is 36.7 Å². The number of carboxylic acid groups (broad SMARTS) is 1. The lowest BCUT2D eigenvalue weighted by atomic mass is 10.0. The molecule has 7 N–H and O–H groups in total. The molecule has 0 bridgehead atoms. The number of hydrogen-bond acceptors (Lipinski definition) is 5. The second-order valence-corrected chi connectivity index (χ2v) is 7.07. The Labute approximate surface area is 174 Å². The summed E-state index contributed by atoms with van der Waals surface area (Å²) < 4.78 is 1.81. The lowest BCUT2D eigenvalue weighted by molar-refractivity contribution is -0.697. The number of aromatic nitrogens is 1. The number of pyridine rings is 1. The summed E-state index contributed by atoms with van der Waals surface area (Å²) in [7, 11) is 0. The second kappa shape index (κ2) is 10.9. The Morgan fingerprint density at radius 3 is 2.43 bits per heavy atom. The molecule has 0 fully saturated rings. The number of nitrogens with two attached hydrogens (primary N) is 2. The van der Waals surface area contributed by atoms with Crippen molar-refractivity contribution < 1.29 is 29.2 Å². The Hall–Kier alpha value is -3.46. The summed E-state index contributed by atoms with van der Waals surface area (Å²) in [5.74, 6) is -2.06. The Morgan fingerprint density at radius 2 is 1.80 bits per heavy atom. The van der Waals surface area contributed by atoms with Gasteiger partial charge >= 0.3 is 5.97 Å². The quantitative estimate of drug-likeness (QED) is 0.258. The van der Waals surface area contributed by atoms with Crippen LogP contribution in [-0.2, 0) is 22.6 Å². The molecule has 0 spiro atoms. The third-order valence-corrected chi connectivity index (χ3v) is 4.65. The number of nitrogens with zero attached hydrogens (tertiary/aromatic N) is 1. The molecule has 2 atom stereocenters. The van der Waals surface area contributed by atoms with Crippen LogP contribution in [0.3, 0.4) is 0 Å². The number of benzene rings is 1. The first-order valence-corrected chi connectivity index (χ1v) is 9.62. The van der Waals surface area contributed by atoms with Crippen LogP contribution in [0.25, 0.3) is 0 Å². The monoisotopic (exact) mass is 415 g/mol. The average molecular weight is 415 g/mol. The number of aromatic hydroxyl groups is 1. The Bertz CT molecular complexity index is 885. The molecule has 2 rings (SSSR count). The van der Waals surface area contributed by atoms with Crippen molar-refractivity contribution >= 4 is 17.8 Å². The first-order valence-electron chi connectivity index (χ1n) is 9.62. The molecule has 2 unspecified atom stereocenters. The zero-order valence-electron chi connectivity index (χ0n) is 16.5. The van der Waals surface area contributed by atoms with E-state index in [1.165, 1.54) is 12.1 Å². The van der Waals surface area contributed by atoms with E-state index in [0.29, 0.717) is 24.9 Å². The molecule has 9 nitrogen and oxygen atoms in total. The van der Waals surface area contributed by atoms with E-state index in [-0.39, 0.29) is 18.6 Å². The first-order chi connectivity index (χ1) is 14.3. The highest BCUT2D eigenvalue weighted by Gasteiger charge is 2.23. The topological polar surface area (TPSA) is 160 Å². The molecule has 0 radical (unpaired) electrons. The third kappa shape index (κ3) is 7.17. The van der Waals surface area contributed by atoms with Crippen molar-refractivity contribution in [3.8, 4) is 5.75 Å².